The molecule has 1 aliphatic heterocycles. The smallest absolute Gasteiger partial charge is 0.273 e. The molecule has 11 heteroatoms. The average Bonchev–Trinajstić information content (AvgIpc) is 3.13. The van der Waals surface area contributed by atoms with Crippen LogP contribution < -0.4 is 22.1 Å². The summed E-state index contributed by atoms with van der Waals surface area (Å²) < 4.78 is 5.34. The van der Waals surface area contributed by atoms with Crippen LogP contribution in [0.4, 0.5) is 17.5 Å². The molecule has 7 N–H and O–H groups in total. The Bertz CT molecular complexity index is 1020. The van der Waals surface area contributed by atoms with Crippen molar-refractivity contribution >= 4 is 34.3 Å². The molecule has 0 saturated carbocycles. The minimum Gasteiger partial charge on any atom is -0.380 e. The number of hydrogen-bond donors (Lipinski definition) is 5. The Kier molecular flexibility index (Phi) is 4.75. The van der Waals surface area contributed by atoms with E-state index in [0.717, 1.165) is 22.9 Å². The molecular formula is C17H21N9O2. The lowest BCUT2D eigenvalue weighted by Gasteiger charge is -2.29. The number of H-pyrrole nitrogens is 1. The van der Waals surface area contributed by atoms with E-state index in [4.69, 9.17) is 16.2 Å². The second-order valence-electron chi connectivity index (χ2n) is 6.72. The van der Waals surface area contributed by atoms with Gasteiger partial charge >= 0.3 is 0 Å². The lowest BCUT2D eigenvalue weighted by Crippen LogP contribution is -2.48. The molecule has 1 amide bonds. The molecule has 0 radical (unpaired) electrons. The highest BCUT2D eigenvalue weighted by atomic mass is 16.5. The van der Waals surface area contributed by atoms with Crippen molar-refractivity contribution in [3.05, 3.63) is 29.6 Å². The number of anilines is 3. The molecule has 3 heterocycles. The zero-order valence-electron chi connectivity index (χ0n) is 15.3. The van der Waals surface area contributed by atoms with Gasteiger partial charge < -0.3 is 26.8 Å². The van der Waals surface area contributed by atoms with E-state index in [2.05, 4.69) is 36.0 Å². The summed E-state index contributed by atoms with van der Waals surface area (Å²) >= 11 is 0. The van der Waals surface area contributed by atoms with Crippen LogP contribution in [0.25, 0.3) is 10.9 Å². The quantitative estimate of drug-likeness (QED) is 0.419. The Morgan fingerprint density at radius 2 is 2.21 bits per heavy atom. The fourth-order valence-electron chi connectivity index (χ4n) is 3.18. The molecule has 3 aromatic rings. The van der Waals surface area contributed by atoms with Crippen LogP contribution in [-0.2, 0) is 4.74 Å². The number of hydrogen-bond acceptors (Lipinski definition) is 9. The number of carbonyl (C=O) groups excluding carboxylic acids is 1. The summed E-state index contributed by atoms with van der Waals surface area (Å²) in [5.74, 6) is -0.255. The van der Waals surface area contributed by atoms with Crippen molar-refractivity contribution in [2.75, 3.05) is 23.8 Å². The first-order valence-electron chi connectivity index (χ1n) is 8.86. The van der Waals surface area contributed by atoms with E-state index in [9.17, 15) is 4.79 Å². The van der Waals surface area contributed by atoms with Gasteiger partial charge in [-0.2, -0.15) is 10.1 Å². The van der Waals surface area contributed by atoms with E-state index in [1.165, 1.54) is 0 Å². The molecular weight excluding hydrogens is 362 g/mol. The van der Waals surface area contributed by atoms with Crippen molar-refractivity contribution in [1.29, 1.82) is 0 Å². The number of fused-ring (bicyclic) bond motifs is 1. The van der Waals surface area contributed by atoms with Gasteiger partial charge in [-0.3, -0.25) is 9.89 Å². The van der Waals surface area contributed by atoms with Crippen molar-refractivity contribution in [3.8, 4) is 0 Å². The van der Waals surface area contributed by atoms with E-state index >= 15 is 0 Å². The Morgan fingerprint density at radius 1 is 1.36 bits per heavy atom. The van der Waals surface area contributed by atoms with Crippen LogP contribution in [0.15, 0.2) is 18.3 Å². The fourth-order valence-corrected chi connectivity index (χ4v) is 3.18. The molecule has 0 spiro atoms. The minimum absolute atomic E-state index is 0.0496. The predicted molar refractivity (Wildman–Crippen MR) is 103 cm³/mol. The number of carbonyl (C=O) groups is 1. The van der Waals surface area contributed by atoms with Crippen molar-refractivity contribution in [1.82, 2.24) is 25.4 Å². The lowest BCUT2D eigenvalue weighted by molar-refractivity contribution is 0.0751. The zero-order chi connectivity index (χ0) is 19.7. The van der Waals surface area contributed by atoms with Gasteiger partial charge in [0.1, 0.15) is 0 Å². The standard InChI is InChI=1S/C17H21N9O2/c1-8-4-9(5-13-10(8)6-20-24-13)21-16-14(15(19)27)25-26-17(23-16)22-12-2-3-28-7-11(12)18/h4-6,11-12H,2-3,7,18H2,1H3,(H2,19,27)(H,20,24)(H2,21,22,23,26)/t11-,12+/m0/s1. The van der Waals surface area contributed by atoms with Crippen LogP contribution in [0, 0.1) is 6.92 Å². The number of rotatable bonds is 5. The SMILES string of the molecule is Cc1cc(Nc2nc(N[C@@H]3CCOC[C@@H]3N)nnc2C(N)=O)cc2[nH]ncc12. The summed E-state index contributed by atoms with van der Waals surface area (Å²) in [5, 5.41) is 22.2. The Labute approximate surface area is 160 Å². The van der Waals surface area contributed by atoms with Gasteiger partial charge in [0, 0.05) is 29.8 Å². The normalized spacial score (nSPS) is 19.5. The maximum absolute atomic E-state index is 11.8. The molecule has 1 aliphatic rings. The summed E-state index contributed by atoms with van der Waals surface area (Å²) in [4.78, 5) is 16.2. The monoisotopic (exact) mass is 383 g/mol. The molecule has 0 aliphatic carbocycles. The summed E-state index contributed by atoms with van der Waals surface area (Å²) in [6.45, 7) is 3.03. The number of benzene rings is 1. The predicted octanol–water partition coefficient (Wildman–Crippen LogP) is 0.427. The van der Waals surface area contributed by atoms with Crippen LogP contribution in [0.1, 0.15) is 22.5 Å². The number of nitrogens with one attached hydrogen (secondary N) is 3. The summed E-state index contributed by atoms with van der Waals surface area (Å²) in [6, 6.07) is 3.55. The molecule has 28 heavy (non-hydrogen) atoms. The van der Waals surface area contributed by atoms with E-state index in [-0.39, 0.29) is 29.5 Å². The number of amides is 1. The van der Waals surface area contributed by atoms with Gasteiger partial charge in [-0.1, -0.05) is 0 Å². The van der Waals surface area contributed by atoms with Crippen LogP contribution in [0.3, 0.4) is 0 Å². The molecule has 0 unspecified atom stereocenters. The highest BCUT2D eigenvalue weighted by Crippen LogP contribution is 2.25. The first-order chi connectivity index (χ1) is 13.5. The van der Waals surface area contributed by atoms with Gasteiger partial charge in [-0.05, 0) is 31.0 Å². The number of nitrogens with two attached hydrogens (primary N) is 2. The largest absolute Gasteiger partial charge is 0.380 e. The molecule has 11 nitrogen and oxygen atoms in total. The van der Waals surface area contributed by atoms with Gasteiger partial charge in [0.05, 0.1) is 18.3 Å². The third-order valence-corrected chi connectivity index (χ3v) is 4.66. The lowest BCUT2D eigenvalue weighted by atomic mass is 10.1. The number of nitrogens with zero attached hydrogens (tertiary/aromatic N) is 4. The number of ether oxygens (including phenoxy) is 1. The maximum Gasteiger partial charge on any atom is 0.273 e. The highest BCUT2D eigenvalue weighted by molar-refractivity contribution is 5.96. The zero-order valence-corrected chi connectivity index (χ0v) is 15.3. The Hall–Kier alpha value is -3.31. The molecule has 0 bridgehead atoms. The van der Waals surface area contributed by atoms with Gasteiger partial charge in [-0.15, -0.1) is 10.2 Å². The topological polar surface area (TPSA) is 170 Å². The maximum atomic E-state index is 11.8. The molecule has 2 atom stereocenters. The number of primary amides is 1. The fraction of sp³-hybridized carbons (Fsp3) is 0.353. The van der Waals surface area contributed by atoms with Gasteiger partial charge in [-0.25, -0.2) is 0 Å². The van der Waals surface area contributed by atoms with E-state index in [1.54, 1.807) is 6.20 Å². The van der Waals surface area contributed by atoms with E-state index < -0.39 is 5.91 Å². The first kappa shape index (κ1) is 18.1. The molecule has 2 aromatic heterocycles. The molecule has 1 saturated heterocycles. The van der Waals surface area contributed by atoms with Crippen LogP contribution in [-0.4, -0.2) is 56.6 Å². The Morgan fingerprint density at radius 3 is 3.00 bits per heavy atom. The average molecular weight is 383 g/mol. The summed E-state index contributed by atoms with van der Waals surface area (Å²) in [6.07, 6.45) is 2.48. The van der Waals surface area contributed by atoms with Crippen LogP contribution in [0.5, 0.6) is 0 Å². The van der Waals surface area contributed by atoms with Crippen molar-refractivity contribution in [3.63, 3.8) is 0 Å². The third kappa shape index (κ3) is 3.57. The molecule has 4 rings (SSSR count). The summed E-state index contributed by atoms with van der Waals surface area (Å²) in [5.41, 5.74) is 14.0. The number of aromatic nitrogens is 5. The molecule has 1 aromatic carbocycles. The van der Waals surface area contributed by atoms with Gasteiger partial charge in [0.25, 0.3) is 5.91 Å². The van der Waals surface area contributed by atoms with Crippen LogP contribution in [0.2, 0.25) is 0 Å². The van der Waals surface area contributed by atoms with E-state index in [0.29, 0.717) is 18.9 Å². The Balaban J connectivity index is 1.64. The van der Waals surface area contributed by atoms with Crippen molar-refractivity contribution in [2.24, 2.45) is 11.5 Å². The van der Waals surface area contributed by atoms with Gasteiger partial charge in [0.2, 0.25) is 5.95 Å². The highest BCUT2D eigenvalue weighted by Gasteiger charge is 2.24. The number of aromatic amines is 1. The number of aryl methyl sites for hydroxylation is 1. The minimum atomic E-state index is -0.726. The third-order valence-electron chi connectivity index (χ3n) is 4.66. The molecule has 146 valence electrons. The summed E-state index contributed by atoms with van der Waals surface area (Å²) in [7, 11) is 0. The molecule has 1 fully saturated rings. The van der Waals surface area contributed by atoms with Crippen LogP contribution >= 0.6 is 0 Å². The van der Waals surface area contributed by atoms with E-state index in [1.807, 2.05) is 19.1 Å². The van der Waals surface area contributed by atoms with Crippen molar-refractivity contribution in [2.45, 2.75) is 25.4 Å². The second kappa shape index (κ2) is 7.37. The second-order valence-corrected chi connectivity index (χ2v) is 6.72. The first-order valence-corrected chi connectivity index (χ1v) is 8.86. The van der Waals surface area contributed by atoms with Crippen molar-refractivity contribution < 1.29 is 9.53 Å². The van der Waals surface area contributed by atoms with Gasteiger partial charge in [0.15, 0.2) is 11.5 Å².